The smallest absolute Gasteiger partial charge is 0.149 e. The fourth-order valence-electron chi connectivity index (χ4n) is 1.36. The lowest BCUT2D eigenvalue weighted by atomic mass is 10.2. The molecule has 0 saturated carbocycles. The molecule has 72 valence electrons. The van der Waals surface area contributed by atoms with Crippen molar-refractivity contribution in [3.8, 4) is 0 Å². The summed E-state index contributed by atoms with van der Waals surface area (Å²) in [5.74, 6) is 0. The van der Waals surface area contributed by atoms with Gasteiger partial charge in [-0.1, -0.05) is 25.8 Å². The van der Waals surface area contributed by atoms with Crippen LogP contribution in [0, 0.1) is 0 Å². The van der Waals surface area contributed by atoms with Crippen LogP contribution in [0.3, 0.4) is 0 Å². The van der Waals surface area contributed by atoms with Crippen LogP contribution in [0.25, 0.3) is 0 Å². The Kier molecular flexibility index (Phi) is 4.30. The molecule has 0 aliphatic carbocycles. The van der Waals surface area contributed by atoms with Crippen LogP contribution in [-0.4, -0.2) is 24.3 Å². The summed E-state index contributed by atoms with van der Waals surface area (Å²) in [6, 6.07) is 0. The molecule has 0 amide bonds. The molecule has 0 N–H and O–H groups in total. The standard InChI is InChI=1S/C11H17NO/c1-2-3-4-7-12-8-5-11(10-13)6-9-12/h5-6,8,10H,2-4,7,9H2,1H3. The average Bonchev–Trinajstić information content (AvgIpc) is 2.19. The Morgan fingerprint density at radius 2 is 2.38 bits per heavy atom. The van der Waals surface area contributed by atoms with Crippen molar-refractivity contribution in [3.05, 3.63) is 23.9 Å². The Balaban J connectivity index is 2.23. The molecule has 2 nitrogen and oxygen atoms in total. The van der Waals surface area contributed by atoms with Gasteiger partial charge in [0.15, 0.2) is 0 Å². The summed E-state index contributed by atoms with van der Waals surface area (Å²) in [5.41, 5.74) is 0.798. The molecule has 0 aromatic heterocycles. The number of carbonyl (C=O) groups excluding carboxylic acids is 1. The van der Waals surface area contributed by atoms with Crippen molar-refractivity contribution < 1.29 is 4.79 Å². The third-order valence-corrected chi connectivity index (χ3v) is 2.22. The maximum Gasteiger partial charge on any atom is 0.149 e. The zero-order valence-corrected chi connectivity index (χ0v) is 8.20. The number of aldehydes is 1. The molecule has 13 heavy (non-hydrogen) atoms. The molecular weight excluding hydrogens is 162 g/mol. The van der Waals surface area contributed by atoms with Gasteiger partial charge < -0.3 is 4.90 Å². The third-order valence-electron chi connectivity index (χ3n) is 2.22. The first-order valence-electron chi connectivity index (χ1n) is 4.94. The van der Waals surface area contributed by atoms with Gasteiger partial charge in [0.1, 0.15) is 6.29 Å². The van der Waals surface area contributed by atoms with Crippen LogP contribution in [-0.2, 0) is 4.79 Å². The molecule has 0 unspecified atom stereocenters. The lowest BCUT2D eigenvalue weighted by Crippen LogP contribution is -2.21. The van der Waals surface area contributed by atoms with Crippen LogP contribution in [0.2, 0.25) is 0 Å². The van der Waals surface area contributed by atoms with Gasteiger partial charge in [-0.2, -0.15) is 0 Å². The number of nitrogens with zero attached hydrogens (tertiary/aromatic N) is 1. The van der Waals surface area contributed by atoms with Gasteiger partial charge in [-0.3, -0.25) is 4.79 Å². The molecule has 0 bridgehead atoms. The molecule has 0 atom stereocenters. The van der Waals surface area contributed by atoms with E-state index in [1.54, 1.807) is 0 Å². The Hall–Kier alpha value is -1.05. The first kappa shape index (κ1) is 10.0. The highest BCUT2D eigenvalue weighted by molar-refractivity contribution is 5.77. The van der Waals surface area contributed by atoms with E-state index in [1.165, 1.54) is 19.3 Å². The molecule has 1 rings (SSSR count). The molecule has 1 heterocycles. The number of hydrogen-bond donors (Lipinski definition) is 0. The van der Waals surface area contributed by atoms with E-state index >= 15 is 0 Å². The van der Waals surface area contributed by atoms with Gasteiger partial charge in [0.25, 0.3) is 0 Å². The SMILES string of the molecule is CCCCCN1C=CC(C=O)=CC1. The summed E-state index contributed by atoms with van der Waals surface area (Å²) >= 11 is 0. The number of rotatable bonds is 5. The Morgan fingerprint density at radius 3 is 2.92 bits per heavy atom. The quantitative estimate of drug-likeness (QED) is 0.476. The van der Waals surface area contributed by atoms with Gasteiger partial charge in [-0.25, -0.2) is 0 Å². The average molecular weight is 179 g/mol. The molecule has 0 radical (unpaired) electrons. The molecule has 0 aromatic rings. The van der Waals surface area contributed by atoms with Crippen molar-refractivity contribution >= 4 is 6.29 Å². The fraction of sp³-hybridized carbons (Fsp3) is 0.545. The second-order valence-corrected chi connectivity index (χ2v) is 3.34. The van der Waals surface area contributed by atoms with Gasteiger partial charge in [0.05, 0.1) is 0 Å². The van der Waals surface area contributed by atoms with E-state index in [0.717, 1.165) is 24.9 Å². The van der Waals surface area contributed by atoms with E-state index in [2.05, 4.69) is 11.8 Å². The van der Waals surface area contributed by atoms with Crippen molar-refractivity contribution in [1.82, 2.24) is 4.90 Å². The molecule has 1 aliphatic rings. The van der Waals surface area contributed by atoms with E-state index in [0.29, 0.717) is 0 Å². The highest BCUT2D eigenvalue weighted by Crippen LogP contribution is 2.06. The minimum Gasteiger partial charge on any atom is -0.374 e. The van der Waals surface area contributed by atoms with Crippen LogP contribution in [0.1, 0.15) is 26.2 Å². The second kappa shape index (κ2) is 5.57. The third kappa shape index (κ3) is 3.45. The van der Waals surface area contributed by atoms with Crippen LogP contribution in [0.4, 0.5) is 0 Å². The highest BCUT2D eigenvalue weighted by atomic mass is 16.1. The predicted octanol–water partition coefficient (Wildman–Crippen LogP) is 2.13. The molecule has 0 spiro atoms. The number of carbonyl (C=O) groups is 1. The highest BCUT2D eigenvalue weighted by Gasteiger charge is 2.02. The summed E-state index contributed by atoms with van der Waals surface area (Å²) in [6.07, 6.45) is 10.5. The number of allylic oxidation sites excluding steroid dienone is 2. The van der Waals surface area contributed by atoms with Gasteiger partial charge in [-0.05, 0) is 12.5 Å². The first-order chi connectivity index (χ1) is 6.36. The summed E-state index contributed by atoms with van der Waals surface area (Å²) in [4.78, 5) is 12.6. The molecule has 0 fully saturated rings. The maximum atomic E-state index is 10.4. The number of hydrogen-bond acceptors (Lipinski definition) is 2. The largest absolute Gasteiger partial charge is 0.374 e. The summed E-state index contributed by atoms with van der Waals surface area (Å²) in [5, 5.41) is 0. The van der Waals surface area contributed by atoms with Crippen molar-refractivity contribution in [2.24, 2.45) is 0 Å². The fourth-order valence-corrected chi connectivity index (χ4v) is 1.36. The summed E-state index contributed by atoms with van der Waals surface area (Å²) < 4.78 is 0. The first-order valence-corrected chi connectivity index (χ1v) is 4.94. The second-order valence-electron chi connectivity index (χ2n) is 3.34. The topological polar surface area (TPSA) is 20.3 Å². The van der Waals surface area contributed by atoms with Crippen LogP contribution >= 0.6 is 0 Å². The van der Waals surface area contributed by atoms with Crippen molar-refractivity contribution in [1.29, 1.82) is 0 Å². The predicted molar refractivity (Wildman–Crippen MR) is 54.4 cm³/mol. The number of unbranched alkanes of at least 4 members (excludes halogenated alkanes) is 2. The zero-order valence-electron chi connectivity index (χ0n) is 8.20. The van der Waals surface area contributed by atoms with Gasteiger partial charge in [0, 0.05) is 24.9 Å². The van der Waals surface area contributed by atoms with Gasteiger partial charge in [-0.15, -0.1) is 0 Å². The van der Waals surface area contributed by atoms with Crippen molar-refractivity contribution in [2.45, 2.75) is 26.2 Å². The molecule has 2 heteroatoms. The molecule has 1 aliphatic heterocycles. The lowest BCUT2D eigenvalue weighted by Gasteiger charge is -2.21. The minimum atomic E-state index is 0.798. The molecular formula is C11H17NO. The normalized spacial score (nSPS) is 15.8. The van der Waals surface area contributed by atoms with Crippen LogP contribution < -0.4 is 0 Å². The Morgan fingerprint density at radius 1 is 1.54 bits per heavy atom. The van der Waals surface area contributed by atoms with Crippen LogP contribution in [0.5, 0.6) is 0 Å². The van der Waals surface area contributed by atoms with Crippen molar-refractivity contribution in [3.63, 3.8) is 0 Å². The minimum absolute atomic E-state index is 0.798. The van der Waals surface area contributed by atoms with E-state index in [9.17, 15) is 4.79 Å². The Bertz CT molecular complexity index is 218. The zero-order chi connectivity index (χ0) is 9.52. The van der Waals surface area contributed by atoms with Gasteiger partial charge in [0.2, 0.25) is 0 Å². The summed E-state index contributed by atoms with van der Waals surface area (Å²) in [6.45, 7) is 4.19. The van der Waals surface area contributed by atoms with E-state index < -0.39 is 0 Å². The molecule has 0 aromatic carbocycles. The molecule has 0 saturated heterocycles. The summed E-state index contributed by atoms with van der Waals surface area (Å²) in [7, 11) is 0. The van der Waals surface area contributed by atoms with Gasteiger partial charge >= 0.3 is 0 Å². The maximum absolute atomic E-state index is 10.4. The van der Waals surface area contributed by atoms with E-state index in [1.807, 2.05) is 18.4 Å². The lowest BCUT2D eigenvalue weighted by molar-refractivity contribution is -0.104. The van der Waals surface area contributed by atoms with Crippen molar-refractivity contribution in [2.75, 3.05) is 13.1 Å². The van der Waals surface area contributed by atoms with E-state index in [-0.39, 0.29) is 0 Å². The Labute approximate surface area is 79.9 Å². The van der Waals surface area contributed by atoms with Crippen LogP contribution in [0.15, 0.2) is 23.9 Å². The monoisotopic (exact) mass is 179 g/mol. The van der Waals surface area contributed by atoms with E-state index in [4.69, 9.17) is 0 Å².